The van der Waals surface area contributed by atoms with Gasteiger partial charge in [0.15, 0.2) is 0 Å². The van der Waals surface area contributed by atoms with Crippen LogP contribution in [0.5, 0.6) is 5.75 Å². The monoisotopic (exact) mass is 214 g/mol. The van der Waals surface area contributed by atoms with Gasteiger partial charge in [-0.05, 0) is 11.4 Å². The Kier molecular flexibility index (Phi) is 4.42. The molecule has 1 aromatic rings. The molecular weight excluding hydrogens is 200 g/mol. The fourth-order valence-corrected chi connectivity index (χ4v) is 1.86. The molecule has 5 heteroatoms. The molecule has 1 amide bonds. The molecule has 78 valence electrons. The van der Waals surface area contributed by atoms with Crippen molar-refractivity contribution in [3.63, 3.8) is 0 Å². The Balaban J connectivity index is 2.27. The highest BCUT2D eigenvalue weighted by molar-refractivity contribution is 7.10. The highest BCUT2D eigenvalue weighted by Gasteiger charge is 2.03. The van der Waals surface area contributed by atoms with Gasteiger partial charge in [0, 0.05) is 19.5 Å². The molecule has 0 bridgehead atoms. The van der Waals surface area contributed by atoms with Crippen LogP contribution >= 0.6 is 11.3 Å². The Labute approximate surface area is 87.1 Å². The van der Waals surface area contributed by atoms with Crippen molar-refractivity contribution in [1.29, 1.82) is 0 Å². The molecule has 3 N–H and O–H groups in total. The molecule has 0 aliphatic carbocycles. The lowest BCUT2D eigenvalue weighted by molar-refractivity contribution is -0.117. The Bertz CT molecular complexity index is 299. The summed E-state index contributed by atoms with van der Waals surface area (Å²) in [6.07, 6.45) is 0.369. The Morgan fingerprint density at radius 1 is 1.71 bits per heavy atom. The van der Waals surface area contributed by atoms with Crippen molar-refractivity contribution in [1.82, 2.24) is 5.32 Å². The van der Waals surface area contributed by atoms with E-state index in [2.05, 4.69) is 5.32 Å². The topological polar surface area (TPSA) is 64.3 Å². The van der Waals surface area contributed by atoms with Crippen LogP contribution in [-0.2, 0) is 11.3 Å². The van der Waals surface area contributed by atoms with E-state index in [4.69, 9.17) is 10.5 Å². The first-order chi connectivity index (χ1) is 6.74. The fraction of sp³-hybridized carbons (Fsp3) is 0.444. The van der Waals surface area contributed by atoms with Gasteiger partial charge in [-0.25, -0.2) is 0 Å². The number of nitrogens with two attached hydrogens (primary N) is 1. The predicted octanol–water partition coefficient (Wildman–Crippen LogP) is 0.722. The van der Waals surface area contributed by atoms with E-state index < -0.39 is 0 Å². The summed E-state index contributed by atoms with van der Waals surface area (Å²) >= 11 is 1.63. The number of primary amides is 1. The van der Waals surface area contributed by atoms with Gasteiger partial charge in [-0.15, -0.1) is 11.3 Å². The molecule has 0 aromatic carbocycles. The maximum atomic E-state index is 10.4. The quantitative estimate of drug-likeness (QED) is 0.686. The lowest BCUT2D eigenvalue weighted by Gasteiger charge is -2.03. The largest absolute Gasteiger partial charge is 0.496 e. The number of thiophene rings is 1. The minimum atomic E-state index is -0.282. The summed E-state index contributed by atoms with van der Waals surface area (Å²) in [6, 6.07) is 1.93. The summed E-state index contributed by atoms with van der Waals surface area (Å²) in [5.41, 5.74) is 5.01. The second-order valence-corrected chi connectivity index (χ2v) is 3.81. The molecule has 4 nitrogen and oxygen atoms in total. The number of carbonyl (C=O) groups excluding carboxylic acids is 1. The van der Waals surface area contributed by atoms with Crippen LogP contribution in [0.2, 0.25) is 0 Å². The molecule has 0 atom stereocenters. The maximum Gasteiger partial charge on any atom is 0.218 e. The van der Waals surface area contributed by atoms with Gasteiger partial charge in [0.2, 0.25) is 5.91 Å². The Hall–Kier alpha value is -1.07. The summed E-state index contributed by atoms with van der Waals surface area (Å²) in [7, 11) is 1.65. The zero-order valence-corrected chi connectivity index (χ0v) is 8.89. The number of rotatable bonds is 6. The first kappa shape index (κ1) is 11.0. The van der Waals surface area contributed by atoms with E-state index >= 15 is 0 Å². The summed E-state index contributed by atoms with van der Waals surface area (Å²) in [5, 5.41) is 5.10. The number of amides is 1. The molecule has 0 radical (unpaired) electrons. The Morgan fingerprint density at radius 2 is 2.50 bits per heavy atom. The zero-order valence-electron chi connectivity index (χ0n) is 8.08. The molecule has 0 saturated carbocycles. The summed E-state index contributed by atoms with van der Waals surface area (Å²) in [5.74, 6) is 0.609. The average Bonchev–Trinajstić information content (AvgIpc) is 2.59. The standard InChI is InChI=1S/C9H14N2O2S/c1-13-7-3-5-14-8(7)6-11-4-2-9(10)12/h3,5,11H,2,4,6H2,1H3,(H2,10,12). The molecule has 1 heterocycles. The molecule has 1 aromatic heterocycles. The molecule has 0 unspecified atom stereocenters. The van der Waals surface area contributed by atoms with Crippen molar-refractivity contribution in [3.05, 3.63) is 16.3 Å². The van der Waals surface area contributed by atoms with E-state index in [0.29, 0.717) is 19.5 Å². The van der Waals surface area contributed by atoms with Crippen LogP contribution < -0.4 is 15.8 Å². The SMILES string of the molecule is COc1ccsc1CNCCC(N)=O. The molecule has 0 spiro atoms. The van der Waals surface area contributed by atoms with Crippen LogP contribution in [0.3, 0.4) is 0 Å². The van der Waals surface area contributed by atoms with Crippen molar-refractivity contribution in [2.24, 2.45) is 5.73 Å². The molecule has 14 heavy (non-hydrogen) atoms. The molecule has 1 rings (SSSR count). The Morgan fingerprint density at radius 3 is 3.14 bits per heavy atom. The summed E-state index contributed by atoms with van der Waals surface area (Å²) in [4.78, 5) is 11.6. The lowest BCUT2D eigenvalue weighted by Crippen LogP contribution is -2.21. The molecule has 0 fully saturated rings. The van der Waals surface area contributed by atoms with Gasteiger partial charge in [0.05, 0.1) is 12.0 Å². The van der Waals surface area contributed by atoms with Crippen molar-refractivity contribution >= 4 is 17.2 Å². The normalized spacial score (nSPS) is 10.1. The third-order valence-corrected chi connectivity index (χ3v) is 2.66. The number of hydrogen-bond donors (Lipinski definition) is 2. The van der Waals surface area contributed by atoms with Gasteiger partial charge in [-0.2, -0.15) is 0 Å². The van der Waals surface area contributed by atoms with Crippen LogP contribution in [0, 0.1) is 0 Å². The van der Waals surface area contributed by atoms with Crippen LogP contribution in [0.1, 0.15) is 11.3 Å². The zero-order chi connectivity index (χ0) is 10.4. The predicted molar refractivity (Wildman–Crippen MR) is 56.4 cm³/mol. The number of carbonyl (C=O) groups is 1. The van der Waals surface area contributed by atoms with E-state index in [1.165, 1.54) is 0 Å². The number of hydrogen-bond acceptors (Lipinski definition) is 4. The molecule has 0 aliphatic heterocycles. The first-order valence-electron chi connectivity index (χ1n) is 4.33. The van der Waals surface area contributed by atoms with Gasteiger partial charge < -0.3 is 15.8 Å². The van der Waals surface area contributed by atoms with Crippen molar-refractivity contribution in [3.8, 4) is 5.75 Å². The number of nitrogens with one attached hydrogen (secondary N) is 1. The molecule has 0 aliphatic rings. The van der Waals surface area contributed by atoms with Gasteiger partial charge in [-0.1, -0.05) is 0 Å². The highest BCUT2D eigenvalue weighted by atomic mass is 32.1. The fourth-order valence-electron chi connectivity index (χ4n) is 1.05. The van der Waals surface area contributed by atoms with Crippen LogP contribution in [0.25, 0.3) is 0 Å². The third kappa shape index (κ3) is 3.35. The molecule has 0 saturated heterocycles. The first-order valence-corrected chi connectivity index (χ1v) is 5.21. The second-order valence-electron chi connectivity index (χ2n) is 2.81. The van der Waals surface area contributed by atoms with Gasteiger partial charge >= 0.3 is 0 Å². The maximum absolute atomic E-state index is 10.4. The van der Waals surface area contributed by atoms with Crippen molar-refractivity contribution in [2.75, 3.05) is 13.7 Å². The van der Waals surface area contributed by atoms with Crippen molar-refractivity contribution < 1.29 is 9.53 Å². The smallest absolute Gasteiger partial charge is 0.218 e. The molecular formula is C9H14N2O2S. The van der Waals surface area contributed by atoms with Crippen molar-refractivity contribution in [2.45, 2.75) is 13.0 Å². The third-order valence-electron chi connectivity index (χ3n) is 1.76. The van der Waals surface area contributed by atoms with E-state index in [1.807, 2.05) is 11.4 Å². The number of methoxy groups -OCH3 is 1. The van der Waals surface area contributed by atoms with Gasteiger partial charge in [0.25, 0.3) is 0 Å². The summed E-state index contributed by atoms with van der Waals surface area (Å²) < 4.78 is 5.14. The lowest BCUT2D eigenvalue weighted by atomic mass is 10.4. The minimum Gasteiger partial charge on any atom is -0.496 e. The average molecular weight is 214 g/mol. The highest BCUT2D eigenvalue weighted by Crippen LogP contribution is 2.23. The van der Waals surface area contributed by atoms with E-state index in [1.54, 1.807) is 18.4 Å². The summed E-state index contributed by atoms with van der Waals surface area (Å²) in [6.45, 7) is 1.32. The van der Waals surface area contributed by atoms with Crippen LogP contribution in [-0.4, -0.2) is 19.6 Å². The minimum absolute atomic E-state index is 0.282. The van der Waals surface area contributed by atoms with E-state index in [0.717, 1.165) is 10.6 Å². The van der Waals surface area contributed by atoms with E-state index in [9.17, 15) is 4.79 Å². The van der Waals surface area contributed by atoms with Crippen LogP contribution in [0.15, 0.2) is 11.4 Å². The van der Waals surface area contributed by atoms with Gasteiger partial charge in [0.1, 0.15) is 5.75 Å². The number of ether oxygens (including phenoxy) is 1. The van der Waals surface area contributed by atoms with E-state index in [-0.39, 0.29) is 5.91 Å². The second kappa shape index (κ2) is 5.62. The van der Waals surface area contributed by atoms with Crippen LogP contribution in [0.4, 0.5) is 0 Å². The van der Waals surface area contributed by atoms with Gasteiger partial charge in [-0.3, -0.25) is 4.79 Å².